The molecule has 1 aromatic heterocycles. The summed E-state index contributed by atoms with van der Waals surface area (Å²) in [5, 5.41) is 4.54. The fourth-order valence-electron chi connectivity index (χ4n) is 1.98. The van der Waals surface area contributed by atoms with E-state index in [-0.39, 0.29) is 0 Å². The summed E-state index contributed by atoms with van der Waals surface area (Å²) >= 11 is 0. The van der Waals surface area contributed by atoms with Gasteiger partial charge < -0.3 is 5.73 Å². The Bertz CT molecular complexity index is 310. The van der Waals surface area contributed by atoms with Gasteiger partial charge in [0.05, 0.1) is 11.7 Å². The zero-order valence-corrected chi connectivity index (χ0v) is 8.38. The molecule has 1 fully saturated rings. The van der Waals surface area contributed by atoms with Crippen molar-refractivity contribution in [2.24, 2.45) is 5.73 Å². The fourth-order valence-corrected chi connectivity index (χ4v) is 1.98. The Balaban J connectivity index is 2.35. The van der Waals surface area contributed by atoms with E-state index in [4.69, 9.17) is 5.73 Å². The molecule has 0 bridgehead atoms. The van der Waals surface area contributed by atoms with Gasteiger partial charge in [-0.05, 0) is 33.1 Å². The number of rotatable bonds is 2. The Morgan fingerprint density at radius 3 is 2.54 bits per heavy atom. The summed E-state index contributed by atoms with van der Waals surface area (Å²) in [7, 11) is 0. The minimum Gasteiger partial charge on any atom is -0.326 e. The van der Waals surface area contributed by atoms with Crippen molar-refractivity contribution in [1.29, 1.82) is 0 Å². The molecule has 1 aliphatic carbocycles. The Morgan fingerprint density at radius 2 is 2.15 bits per heavy atom. The van der Waals surface area contributed by atoms with E-state index < -0.39 is 0 Å². The number of hydrogen-bond donors (Lipinski definition) is 1. The highest BCUT2D eigenvalue weighted by Crippen LogP contribution is 2.33. The fraction of sp³-hybridized carbons (Fsp3) is 0.700. The highest BCUT2D eigenvalue weighted by Gasteiger charge is 2.23. The van der Waals surface area contributed by atoms with Gasteiger partial charge in [-0.25, -0.2) is 0 Å². The minimum absolute atomic E-state index is 0.615. The van der Waals surface area contributed by atoms with Crippen molar-refractivity contribution < 1.29 is 0 Å². The molecule has 0 amide bonds. The molecule has 0 saturated heterocycles. The van der Waals surface area contributed by atoms with Crippen LogP contribution in [0.1, 0.15) is 42.3 Å². The van der Waals surface area contributed by atoms with Crippen LogP contribution in [-0.4, -0.2) is 9.78 Å². The van der Waals surface area contributed by atoms with E-state index in [1.807, 2.05) is 6.92 Å². The van der Waals surface area contributed by atoms with E-state index in [0.29, 0.717) is 12.6 Å². The first-order chi connectivity index (χ1) is 6.24. The van der Waals surface area contributed by atoms with Crippen molar-refractivity contribution in [3.8, 4) is 0 Å². The number of nitrogens with zero attached hydrogens (tertiary/aromatic N) is 2. The molecule has 1 heterocycles. The third kappa shape index (κ3) is 1.27. The van der Waals surface area contributed by atoms with Gasteiger partial charge in [-0.1, -0.05) is 0 Å². The molecule has 2 rings (SSSR count). The van der Waals surface area contributed by atoms with Crippen LogP contribution in [0.4, 0.5) is 0 Å². The zero-order valence-electron chi connectivity index (χ0n) is 8.38. The lowest BCUT2D eigenvalue weighted by molar-refractivity contribution is 0.284. The summed E-state index contributed by atoms with van der Waals surface area (Å²) < 4.78 is 2.17. The predicted molar refractivity (Wildman–Crippen MR) is 52.5 cm³/mol. The van der Waals surface area contributed by atoms with Gasteiger partial charge in [-0.2, -0.15) is 5.10 Å². The van der Waals surface area contributed by atoms with Crippen molar-refractivity contribution in [3.05, 3.63) is 17.0 Å². The third-order valence-corrected chi connectivity index (χ3v) is 3.10. The maximum absolute atomic E-state index is 5.67. The number of nitrogens with two attached hydrogens (primary N) is 1. The first-order valence-corrected chi connectivity index (χ1v) is 4.98. The molecule has 3 nitrogen and oxygen atoms in total. The molecule has 3 heteroatoms. The standard InChI is InChI=1S/C10H17N3/c1-7-10(6-11)8(2)13(12-7)9-4-3-5-9/h9H,3-6,11H2,1-2H3. The van der Waals surface area contributed by atoms with Gasteiger partial charge in [0.15, 0.2) is 0 Å². The van der Waals surface area contributed by atoms with Gasteiger partial charge in [0.2, 0.25) is 0 Å². The van der Waals surface area contributed by atoms with Gasteiger partial charge >= 0.3 is 0 Å². The van der Waals surface area contributed by atoms with E-state index in [1.54, 1.807) is 0 Å². The van der Waals surface area contributed by atoms with Crippen molar-refractivity contribution in [3.63, 3.8) is 0 Å². The highest BCUT2D eigenvalue weighted by molar-refractivity contribution is 5.24. The largest absolute Gasteiger partial charge is 0.326 e. The molecule has 1 saturated carbocycles. The lowest BCUT2D eigenvalue weighted by atomic mass is 9.93. The first kappa shape index (κ1) is 8.75. The molecule has 1 aliphatic rings. The molecule has 1 aromatic rings. The number of hydrogen-bond acceptors (Lipinski definition) is 2. The summed E-state index contributed by atoms with van der Waals surface area (Å²) in [4.78, 5) is 0. The Labute approximate surface area is 78.9 Å². The van der Waals surface area contributed by atoms with Gasteiger partial charge in [0.1, 0.15) is 0 Å². The molecular formula is C10H17N3. The minimum atomic E-state index is 0.615. The average molecular weight is 179 g/mol. The van der Waals surface area contributed by atoms with Crippen molar-refractivity contribution in [1.82, 2.24) is 9.78 Å². The SMILES string of the molecule is Cc1nn(C2CCC2)c(C)c1CN. The van der Waals surface area contributed by atoms with E-state index in [2.05, 4.69) is 16.7 Å². The highest BCUT2D eigenvalue weighted by atomic mass is 15.3. The molecule has 0 radical (unpaired) electrons. The van der Waals surface area contributed by atoms with Crippen LogP contribution in [0.15, 0.2) is 0 Å². The van der Waals surface area contributed by atoms with Crippen LogP contribution in [0, 0.1) is 13.8 Å². The first-order valence-electron chi connectivity index (χ1n) is 4.98. The van der Waals surface area contributed by atoms with Crippen molar-refractivity contribution in [2.75, 3.05) is 0 Å². The topological polar surface area (TPSA) is 43.8 Å². The van der Waals surface area contributed by atoms with Crippen LogP contribution in [-0.2, 0) is 6.54 Å². The van der Waals surface area contributed by atoms with E-state index >= 15 is 0 Å². The average Bonchev–Trinajstić information content (AvgIpc) is 2.25. The van der Waals surface area contributed by atoms with Crippen LogP contribution >= 0.6 is 0 Å². The van der Waals surface area contributed by atoms with Gasteiger partial charge in [0.25, 0.3) is 0 Å². The Kier molecular flexibility index (Phi) is 2.12. The number of aromatic nitrogens is 2. The maximum Gasteiger partial charge on any atom is 0.0641 e. The second-order valence-corrected chi connectivity index (χ2v) is 3.88. The van der Waals surface area contributed by atoms with E-state index in [9.17, 15) is 0 Å². The van der Waals surface area contributed by atoms with Crippen LogP contribution in [0.25, 0.3) is 0 Å². The summed E-state index contributed by atoms with van der Waals surface area (Å²) in [6.45, 7) is 4.79. The second-order valence-electron chi connectivity index (χ2n) is 3.88. The summed E-state index contributed by atoms with van der Waals surface area (Å²) in [5.41, 5.74) is 9.27. The summed E-state index contributed by atoms with van der Waals surface area (Å²) in [5.74, 6) is 0. The van der Waals surface area contributed by atoms with Gasteiger partial charge in [0, 0.05) is 17.8 Å². The molecular weight excluding hydrogens is 162 g/mol. The van der Waals surface area contributed by atoms with Gasteiger partial charge in [-0.3, -0.25) is 4.68 Å². The summed E-state index contributed by atoms with van der Waals surface area (Å²) in [6, 6.07) is 0.652. The molecule has 72 valence electrons. The number of aryl methyl sites for hydroxylation is 1. The quantitative estimate of drug-likeness (QED) is 0.750. The van der Waals surface area contributed by atoms with Crippen LogP contribution in [0.3, 0.4) is 0 Å². The maximum atomic E-state index is 5.67. The molecule has 0 spiro atoms. The van der Waals surface area contributed by atoms with Crippen LogP contribution < -0.4 is 5.73 Å². The lowest BCUT2D eigenvalue weighted by Gasteiger charge is -2.27. The zero-order chi connectivity index (χ0) is 9.42. The lowest BCUT2D eigenvalue weighted by Crippen LogP contribution is -2.19. The third-order valence-electron chi connectivity index (χ3n) is 3.10. The van der Waals surface area contributed by atoms with Crippen LogP contribution in [0.5, 0.6) is 0 Å². The molecule has 13 heavy (non-hydrogen) atoms. The molecule has 0 unspecified atom stereocenters. The Hall–Kier alpha value is -0.830. The molecule has 0 atom stereocenters. The van der Waals surface area contributed by atoms with Gasteiger partial charge in [-0.15, -0.1) is 0 Å². The molecule has 2 N–H and O–H groups in total. The summed E-state index contributed by atoms with van der Waals surface area (Å²) in [6.07, 6.45) is 3.92. The smallest absolute Gasteiger partial charge is 0.0641 e. The van der Waals surface area contributed by atoms with E-state index in [0.717, 1.165) is 5.69 Å². The Morgan fingerprint density at radius 1 is 1.46 bits per heavy atom. The molecule has 0 aliphatic heterocycles. The second kappa shape index (κ2) is 3.14. The van der Waals surface area contributed by atoms with Crippen molar-refractivity contribution in [2.45, 2.75) is 45.7 Å². The van der Waals surface area contributed by atoms with E-state index in [1.165, 1.54) is 30.5 Å². The van der Waals surface area contributed by atoms with Crippen molar-refractivity contribution >= 4 is 0 Å². The molecule has 0 aromatic carbocycles. The monoisotopic (exact) mass is 179 g/mol. The normalized spacial score (nSPS) is 17.5. The van der Waals surface area contributed by atoms with Crippen LogP contribution in [0.2, 0.25) is 0 Å². The predicted octanol–water partition coefficient (Wildman–Crippen LogP) is 1.68.